The number of ketones is 1. The normalized spacial score (nSPS) is 10.6. The van der Waals surface area contributed by atoms with Crippen LogP contribution in [0.1, 0.15) is 22.3 Å². The highest BCUT2D eigenvalue weighted by Crippen LogP contribution is 2.22. The fourth-order valence-corrected chi connectivity index (χ4v) is 2.74. The Kier molecular flexibility index (Phi) is 4.85. The zero-order valence-corrected chi connectivity index (χ0v) is 13.1. The molecular formula is C17H16Cl2O. The van der Waals surface area contributed by atoms with E-state index in [4.69, 9.17) is 23.2 Å². The van der Waals surface area contributed by atoms with Crippen LogP contribution >= 0.6 is 23.2 Å². The van der Waals surface area contributed by atoms with Gasteiger partial charge in [0.05, 0.1) is 0 Å². The highest BCUT2D eigenvalue weighted by Gasteiger charge is 2.11. The zero-order valence-electron chi connectivity index (χ0n) is 11.5. The lowest BCUT2D eigenvalue weighted by Crippen LogP contribution is -2.09. The number of carbonyl (C=O) groups is 1. The second-order valence-corrected chi connectivity index (χ2v) is 5.84. The first-order valence-electron chi connectivity index (χ1n) is 6.48. The molecule has 0 amide bonds. The van der Waals surface area contributed by atoms with Gasteiger partial charge in [0.1, 0.15) is 5.78 Å². The summed E-state index contributed by atoms with van der Waals surface area (Å²) in [6.07, 6.45) is 0.779. The lowest BCUT2D eigenvalue weighted by atomic mass is 9.96. The molecule has 0 saturated carbocycles. The van der Waals surface area contributed by atoms with E-state index in [1.165, 1.54) is 0 Å². The van der Waals surface area contributed by atoms with Gasteiger partial charge in [-0.1, -0.05) is 47.5 Å². The molecule has 3 heteroatoms. The minimum Gasteiger partial charge on any atom is -0.299 e. The summed E-state index contributed by atoms with van der Waals surface area (Å²) in [7, 11) is 0. The van der Waals surface area contributed by atoms with E-state index in [2.05, 4.69) is 0 Å². The van der Waals surface area contributed by atoms with Crippen LogP contribution in [0.4, 0.5) is 0 Å². The first-order valence-corrected chi connectivity index (χ1v) is 7.23. The average molecular weight is 307 g/mol. The first-order chi connectivity index (χ1) is 9.47. The topological polar surface area (TPSA) is 17.1 Å². The predicted octanol–water partition coefficient (Wildman–Crippen LogP) is 4.96. The number of hydrogen-bond donors (Lipinski definition) is 0. The Balaban J connectivity index is 2.13. The van der Waals surface area contributed by atoms with E-state index in [1.54, 1.807) is 12.1 Å². The molecule has 2 rings (SSSR count). The number of rotatable bonds is 4. The van der Waals surface area contributed by atoms with Crippen molar-refractivity contribution in [3.05, 3.63) is 68.7 Å². The van der Waals surface area contributed by atoms with E-state index in [-0.39, 0.29) is 5.78 Å². The molecule has 0 saturated heterocycles. The van der Waals surface area contributed by atoms with Gasteiger partial charge in [-0.25, -0.2) is 0 Å². The molecule has 2 aromatic rings. The van der Waals surface area contributed by atoms with Crippen molar-refractivity contribution in [2.75, 3.05) is 0 Å². The zero-order chi connectivity index (χ0) is 14.7. The molecule has 0 radical (unpaired) electrons. The molecule has 0 fully saturated rings. The van der Waals surface area contributed by atoms with Crippen LogP contribution in [0.5, 0.6) is 0 Å². The fraction of sp³-hybridized carbons (Fsp3) is 0.235. The van der Waals surface area contributed by atoms with Crippen molar-refractivity contribution in [2.45, 2.75) is 26.7 Å². The van der Waals surface area contributed by atoms with Gasteiger partial charge in [0.15, 0.2) is 0 Å². The predicted molar refractivity (Wildman–Crippen MR) is 84.8 cm³/mol. The second-order valence-electron chi connectivity index (χ2n) is 5.00. The maximum atomic E-state index is 12.2. The minimum absolute atomic E-state index is 0.159. The van der Waals surface area contributed by atoms with E-state index in [1.807, 2.05) is 38.1 Å². The van der Waals surface area contributed by atoms with E-state index in [0.717, 1.165) is 22.3 Å². The summed E-state index contributed by atoms with van der Waals surface area (Å²) in [6.45, 7) is 4.07. The molecule has 0 N–H and O–H groups in total. The van der Waals surface area contributed by atoms with Crippen LogP contribution in [0.15, 0.2) is 36.4 Å². The highest BCUT2D eigenvalue weighted by atomic mass is 35.5. The third kappa shape index (κ3) is 3.62. The van der Waals surface area contributed by atoms with Crippen LogP contribution in [0, 0.1) is 13.8 Å². The molecular weight excluding hydrogens is 291 g/mol. The smallest absolute Gasteiger partial charge is 0.141 e. The van der Waals surface area contributed by atoms with Crippen molar-refractivity contribution in [1.82, 2.24) is 0 Å². The van der Waals surface area contributed by atoms with E-state index < -0.39 is 0 Å². The Bertz CT molecular complexity index is 627. The molecule has 0 aliphatic carbocycles. The summed E-state index contributed by atoms with van der Waals surface area (Å²) in [5, 5.41) is 1.13. The van der Waals surface area contributed by atoms with Gasteiger partial charge < -0.3 is 0 Å². The number of hydrogen-bond acceptors (Lipinski definition) is 1. The van der Waals surface area contributed by atoms with Gasteiger partial charge in [-0.05, 0) is 48.2 Å². The van der Waals surface area contributed by atoms with Crippen LogP contribution in [-0.4, -0.2) is 5.78 Å². The van der Waals surface area contributed by atoms with Crippen molar-refractivity contribution in [2.24, 2.45) is 0 Å². The molecule has 0 aliphatic heterocycles. The molecule has 0 aromatic heterocycles. The third-order valence-electron chi connectivity index (χ3n) is 3.42. The molecule has 0 heterocycles. The first kappa shape index (κ1) is 15.1. The van der Waals surface area contributed by atoms with E-state index in [0.29, 0.717) is 22.9 Å². The highest BCUT2D eigenvalue weighted by molar-refractivity contribution is 6.35. The van der Waals surface area contributed by atoms with Gasteiger partial charge in [-0.15, -0.1) is 0 Å². The van der Waals surface area contributed by atoms with Crippen molar-refractivity contribution in [1.29, 1.82) is 0 Å². The standard InChI is InChI=1S/C17H16Cl2O/c1-11-4-3-5-12(2)16(11)10-15(20)8-13-6-7-14(18)9-17(13)19/h3-7,9H,8,10H2,1-2H3. The SMILES string of the molecule is Cc1cccc(C)c1CC(=O)Cc1ccc(Cl)cc1Cl. The van der Waals surface area contributed by atoms with E-state index >= 15 is 0 Å². The van der Waals surface area contributed by atoms with Gasteiger partial charge in [0.2, 0.25) is 0 Å². The maximum Gasteiger partial charge on any atom is 0.141 e. The molecule has 2 aromatic carbocycles. The molecule has 1 nitrogen and oxygen atoms in total. The largest absolute Gasteiger partial charge is 0.299 e. The molecule has 20 heavy (non-hydrogen) atoms. The summed E-state index contributed by atoms with van der Waals surface area (Å²) in [4.78, 5) is 12.2. The van der Waals surface area contributed by atoms with Crippen molar-refractivity contribution in [3.63, 3.8) is 0 Å². The monoisotopic (exact) mass is 306 g/mol. The maximum absolute atomic E-state index is 12.2. The summed E-state index contributed by atoms with van der Waals surface area (Å²) in [6, 6.07) is 11.3. The molecule has 104 valence electrons. The van der Waals surface area contributed by atoms with Crippen LogP contribution in [0.2, 0.25) is 10.0 Å². The van der Waals surface area contributed by atoms with Crippen molar-refractivity contribution in [3.8, 4) is 0 Å². The van der Waals surface area contributed by atoms with E-state index in [9.17, 15) is 4.79 Å². The number of benzene rings is 2. The van der Waals surface area contributed by atoms with Gasteiger partial charge in [-0.2, -0.15) is 0 Å². The Morgan fingerprint density at radius 2 is 1.65 bits per heavy atom. The van der Waals surface area contributed by atoms with Crippen molar-refractivity contribution >= 4 is 29.0 Å². The minimum atomic E-state index is 0.159. The van der Waals surface area contributed by atoms with Crippen LogP contribution in [0.25, 0.3) is 0 Å². The second kappa shape index (κ2) is 6.43. The fourth-order valence-electron chi connectivity index (χ4n) is 2.26. The van der Waals surface area contributed by atoms with Crippen LogP contribution in [-0.2, 0) is 17.6 Å². The van der Waals surface area contributed by atoms with Crippen molar-refractivity contribution < 1.29 is 4.79 Å². The summed E-state index contributed by atoms with van der Waals surface area (Å²) in [5.74, 6) is 0.159. The van der Waals surface area contributed by atoms with Gasteiger partial charge >= 0.3 is 0 Å². The molecule has 0 unspecified atom stereocenters. The Morgan fingerprint density at radius 3 is 2.25 bits per heavy atom. The summed E-state index contributed by atoms with van der Waals surface area (Å²) < 4.78 is 0. The van der Waals surface area contributed by atoms with Gasteiger partial charge in [-0.3, -0.25) is 4.79 Å². The lowest BCUT2D eigenvalue weighted by Gasteiger charge is -2.09. The molecule has 0 bridgehead atoms. The summed E-state index contributed by atoms with van der Waals surface area (Å²) in [5.41, 5.74) is 4.25. The van der Waals surface area contributed by atoms with Crippen LogP contribution < -0.4 is 0 Å². The lowest BCUT2D eigenvalue weighted by molar-refractivity contribution is -0.117. The summed E-state index contributed by atoms with van der Waals surface area (Å²) >= 11 is 12.0. The Labute approximate surface area is 129 Å². The quantitative estimate of drug-likeness (QED) is 0.780. The van der Waals surface area contributed by atoms with Crippen LogP contribution in [0.3, 0.4) is 0 Å². The molecule has 0 aliphatic rings. The molecule has 0 spiro atoms. The number of carbonyl (C=O) groups excluding carboxylic acids is 1. The number of Topliss-reactive ketones (excluding diaryl/α,β-unsaturated/α-hetero) is 1. The van der Waals surface area contributed by atoms with Gasteiger partial charge in [0, 0.05) is 22.9 Å². The number of halogens is 2. The molecule has 0 atom stereocenters. The van der Waals surface area contributed by atoms with Gasteiger partial charge in [0.25, 0.3) is 0 Å². The average Bonchev–Trinajstić information content (AvgIpc) is 2.37. The Hall–Kier alpha value is -1.31. The number of aryl methyl sites for hydroxylation is 2. The third-order valence-corrected chi connectivity index (χ3v) is 4.01. The Morgan fingerprint density at radius 1 is 1.00 bits per heavy atom.